The maximum absolute atomic E-state index is 11.9. The molecule has 1 atom stereocenters. The fraction of sp³-hybridized carbons (Fsp3) is 0.200. The van der Waals surface area contributed by atoms with Gasteiger partial charge in [-0.15, -0.1) is 0 Å². The lowest BCUT2D eigenvalue weighted by Gasteiger charge is -2.15. The molecule has 0 saturated carbocycles. The minimum absolute atomic E-state index is 0.0209. The number of benzene rings is 2. The number of aliphatic carboxylic acids is 1. The van der Waals surface area contributed by atoms with Crippen LogP contribution in [-0.2, 0) is 9.59 Å². The minimum Gasteiger partial charge on any atom is -0.481 e. The second-order valence-corrected chi connectivity index (χ2v) is 7.07. The van der Waals surface area contributed by atoms with Crippen LogP contribution in [0, 0.1) is 0 Å². The fourth-order valence-corrected chi connectivity index (χ4v) is 3.71. The van der Waals surface area contributed by atoms with E-state index < -0.39 is 5.97 Å². The zero-order valence-electron chi connectivity index (χ0n) is 13.8. The third-order valence-corrected chi connectivity index (χ3v) is 5.14. The first-order chi connectivity index (χ1) is 12.0. The molecule has 0 fully saturated rings. The number of carboxylic acids is 1. The van der Waals surface area contributed by atoms with Crippen LogP contribution in [0.1, 0.15) is 30.6 Å². The van der Waals surface area contributed by atoms with Gasteiger partial charge in [-0.2, -0.15) is 0 Å². The topological polar surface area (TPSA) is 54.4 Å². The average Bonchev–Trinajstić information content (AvgIpc) is 2.59. The Hall–Kier alpha value is -2.04. The van der Waals surface area contributed by atoms with Crippen molar-refractivity contribution in [3.8, 4) is 11.1 Å². The quantitative estimate of drug-likeness (QED) is 0.627. The van der Waals surface area contributed by atoms with Crippen LogP contribution in [0.25, 0.3) is 11.1 Å². The summed E-state index contributed by atoms with van der Waals surface area (Å²) in [5.74, 6) is -0.864. The number of allylic oxidation sites excluding steroid dienone is 1. The molecule has 2 rings (SSSR count). The Morgan fingerprint density at radius 2 is 1.84 bits per heavy atom. The van der Waals surface area contributed by atoms with Crippen LogP contribution in [0.5, 0.6) is 0 Å². The molecule has 0 bridgehead atoms. The zero-order chi connectivity index (χ0) is 18.2. The average molecular weight is 375 g/mol. The van der Waals surface area contributed by atoms with Crippen molar-refractivity contribution >= 4 is 34.4 Å². The number of carbonyl (C=O) groups excluding carboxylic acids is 1. The Balaban J connectivity index is 2.23. The van der Waals surface area contributed by atoms with Crippen LogP contribution in [0.15, 0.2) is 60.7 Å². The van der Waals surface area contributed by atoms with Gasteiger partial charge in [-0.3, -0.25) is 9.59 Å². The summed E-state index contributed by atoms with van der Waals surface area (Å²) < 4.78 is 0. The molecule has 0 aliphatic heterocycles. The highest BCUT2D eigenvalue weighted by atomic mass is 35.5. The molecule has 0 amide bonds. The molecule has 1 unspecified atom stereocenters. The van der Waals surface area contributed by atoms with Crippen LogP contribution >= 0.6 is 23.4 Å². The van der Waals surface area contributed by atoms with Gasteiger partial charge in [0.2, 0.25) is 5.12 Å². The number of carbonyl (C=O) groups is 2. The van der Waals surface area contributed by atoms with Crippen molar-refractivity contribution < 1.29 is 14.7 Å². The van der Waals surface area contributed by atoms with Crippen molar-refractivity contribution in [3.05, 3.63) is 71.3 Å². The first-order valence-electron chi connectivity index (χ1n) is 7.91. The summed E-state index contributed by atoms with van der Waals surface area (Å²) in [5.41, 5.74) is 2.85. The van der Waals surface area contributed by atoms with E-state index in [-0.39, 0.29) is 16.8 Å². The predicted octanol–water partition coefficient (Wildman–Crippen LogP) is 5.75. The molecule has 2 aromatic rings. The third-order valence-electron chi connectivity index (χ3n) is 3.65. The molecule has 25 heavy (non-hydrogen) atoms. The van der Waals surface area contributed by atoms with Crippen LogP contribution in [0.2, 0.25) is 5.02 Å². The standard InChI is InChI=1S/C20H19ClO3S/c1-2-5-20(24)25-18(12-13-19(22)23)15-10-8-14(9-11-15)16-6-3-4-7-17(16)21/h2-11,18H,12-13H2,1H3,(H,22,23). The molecular formula is C20H19ClO3S. The molecule has 3 nitrogen and oxygen atoms in total. The fourth-order valence-electron chi connectivity index (χ4n) is 2.44. The molecule has 0 radical (unpaired) electrons. The summed E-state index contributed by atoms with van der Waals surface area (Å²) in [6, 6.07) is 15.4. The maximum Gasteiger partial charge on any atom is 0.303 e. The van der Waals surface area contributed by atoms with Crippen LogP contribution in [0.3, 0.4) is 0 Å². The van der Waals surface area contributed by atoms with Gasteiger partial charge in [0, 0.05) is 22.3 Å². The maximum atomic E-state index is 11.9. The van der Waals surface area contributed by atoms with Crippen LogP contribution < -0.4 is 0 Å². The lowest BCUT2D eigenvalue weighted by atomic mass is 10.0. The van der Waals surface area contributed by atoms with Gasteiger partial charge in [-0.25, -0.2) is 0 Å². The summed E-state index contributed by atoms with van der Waals surface area (Å²) in [6.07, 6.45) is 3.60. The Kier molecular flexibility index (Phi) is 7.29. The van der Waals surface area contributed by atoms with E-state index in [1.807, 2.05) is 48.5 Å². The van der Waals surface area contributed by atoms with E-state index in [9.17, 15) is 9.59 Å². The van der Waals surface area contributed by atoms with Gasteiger partial charge in [-0.05, 0) is 36.6 Å². The molecule has 130 valence electrons. The van der Waals surface area contributed by atoms with Crippen molar-refractivity contribution in [1.82, 2.24) is 0 Å². The molecule has 0 aromatic heterocycles. The minimum atomic E-state index is -0.864. The van der Waals surface area contributed by atoms with E-state index in [4.69, 9.17) is 16.7 Å². The Morgan fingerprint density at radius 1 is 1.16 bits per heavy atom. The third kappa shape index (κ3) is 5.76. The number of carboxylic acid groups (broad SMARTS) is 1. The summed E-state index contributed by atoms with van der Waals surface area (Å²) in [6.45, 7) is 1.78. The Bertz CT molecular complexity index is 769. The molecule has 0 aliphatic carbocycles. The largest absolute Gasteiger partial charge is 0.481 e. The van der Waals surface area contributed by atoms with Crippen LogP contribution in [-0.4, -0.2) is 16.2 Å². The van der Waals surface area contributed by atoms with E-state index >= 15 is 0 Å². The van der Waals surface area contributed by atoms with Gasteiger partial charge in [0.25, 0.3) is 0 Å². The molecule has 5 heteroatoms. The van der Waals surface area contributed by atoms with E-state index in [1.165, 1.54) is 6.08 Å². The molecular weight excluding hydrogens is 356 g/mol. The van der Waals surface area contributed by atoms with E-state index in [0.29, 0.717) is 11.4 Å². The molecule has 2 aromatic carbocycles. The van der Waals surface area contributed by atoms with Crippen molar-refractivity contribution in [1.29, 1.82) is 0 Å². The first-order valence-corrected chi connectivity index (χ1v) is 9.17. The molecule has 0 aliphatic rings. The van der Waals surface area contributed by atoms with Gasteiger partial charge in [0.05, 0.1) is 0 Å². The monoisotopic (exact) mass is 374 g/mol. The highest BCUT2D eigenvalue weighted by molar-refractivity contribution is 8.14. The van der Waals surface area contributed by atoms with Gasteiger partial charge >= 0.3 is 5.97 Å². The van der Waals surface area contributed by atoms with Crippen molar-refractivity contribution in [2.45, 2.75) is 25.0 Å². The molecule has 0 saturated heterocycles. The van der Waals surface area contributed by atoms with Gasteiger partial charge < -0.3 is 5.11 Å². The number of halogens is 1. The summed E-state index contributed by atoms with van der Waals surface area (Å²) >= 11 is 7.38. The molecule has 0 heterocycles. The summed E-state index contributed by atoms with van der Waals surface area (Å²) in [5, 5.41) is 9.35. The van der Waals surface area contributed by atoms with Gasteiger partial charge in [0.1, 0.15) is 0 Å². The zero-order valence-corrected chi connectivity index (χ0v) is 15.4. The van der Waals surface area contributed by atoms with E-state index in [2.05, 4.69) is 0 Å². The number of hydrogen-bond acceptors (Lipinski definition) is 3. The number of hydrogen-bond donors (Lipinski definition) is 1. The smallest absolute Gasteiger partial charge is 0.303 e. The van der Waals surface area contributed by atoms with Crippen molar-refractivity contribution in [2.75, 3.05) is 0 Å². The van der Waals surface area contributed by atoms with Gasteiger partial charge in [-0.1, -0.05) is 71.9 Å². The summed E-state index contributed by atoms with van der Waals surface area (Å²) in [4.78, 5) is 22.8. The SMILES string of the molecule is CC=CC(=O)SC(CCC(=O)O)c1ccc(-c2ccccc2Cl)cc1. The highest BCUT2D eigenvalue weighted by Crippen LogP contribution is 2.36. The van der Waals surface area contributed by atoms with Gasteiger partial charge in [0.15, 0.2) is 0 Å². The number of thioether (sulfide) groups is 1. The Labute approximate surface area is 156 Å². The normalized spacial score (nSPS) is 12.2. The molecule has 1 N–H and O–H groups in total. The van der Waals surface area contributed by atoms with Crippen LogP contribution in [0.4, 0.5) is 0 Å². The number of rotatable bonds is 7. The molecule has 0 spiro atoms. The second kappa shape index (κ2) is 9.44. The van der Waals surface area contributed by atoms with E-state index in [0.717, 1.165) is 28.5 Å². The lowest BCUT2D eigenvalue weighted by Crippen LogP contribution is -2.03. The van der Waals surface area contributed by atoms with Crippen molar-refractivity contribution in [2.24, 2.45) is 0 Å². The lowest BCUT2D eigenvalue weighted by molar-refractivity contribution is -0.137. The second-order valence-electron chi connectivity index (χ2n) is 5.46. The Morgan fingerprint density at radius 3 is 2.44 bits per heavy atom. The van der Waals surface area contributed by atoms with Crippen molar-refractivity contribution in [3.63, 3.8) is 0 Å². The predicted molar refractivity (Wildman–Crippen MR) is 104 cm³/mol. The highest BCUT2D eigenvalue weighted by Gasteiger charge is 2.17. The summed E-state index contributed by atoms with van der Waals surface area (Å²) in [7, 11) is 0. The first kappa shape index (κ1) is 19.3. The van der Waals surface area contributed by atoms with E-state index in [1.54, 1.807) is 13.0 Å².